The Balaban J connectivity index is 1.53. The number of carbonyl (C=O) groups is 1. The van der Waals surface area contributed by atoms with Gasteiger partial charge in [-0.15, -0.1) is 0 Å². The highest BCUT2D eigenvalue weighted by Crippen LogP contribution is 2.40. The number of nitrogens with zero attached hydrogens (tertiary/aromatic N) is 3. The van der Waals surface area contributed by atoms with E-state index in [9.17, 15) is 9.18 Å². The first kappa shape index (κ1) is 16.2. The van der Waals surface area contributed by atoms with Gasteiger partial charge in [0.25, 0.3) is 0 Å². The summed E-state index contributed by atoms with van der Waals surface area (Å²) in [7, 11) is 3.63. The molecule has 0 unspecified atom stereocenters. The number of urea groups is 1. The number of benzene rings is 1. The van der Waals surface area contributed by atoms with Crippen LogP contribution < -0.4 is 0 Å². The molecule has 2 amide bonds. The Kier molecular flexibility index (Phi) is 4.57. The number of amides is 2. The van der Waals surface area contributed by atoms with Crippen LogP contribution in [0.3, 0.4) is 0 Å². The van der Waals surface area contributed by atoms with Gasteiger partial charge in [-0.1, -0.05) is 12.1 Å². The zero-order valence-corrected chi connectivity index (χ0v) is 14.1. The molecule has 126 valence electrons. The van der Waals surface area contributed by atoms with E-state index in [0.29, 0.717) is 5.41 Å². The molecule has 4 nitrogen and oxygen atoms in total. The third-order valence-corrected chi connectivity index (χ3v) is 5.30. The van der Waals surface area contributed by atoms with E-state index in [4.69, 9.17) is 0 Å². The molecule has 0 radical (unpaired) electrons. The van der Waals surface area contributed by atoms with E-state index in [1.54, 1.807) is 17.0 Å². The Morgan fingerprint density at radius 3 is 2.57 bits per heavy atom. The van der Waals surface area contributed by atoms with Crippen LogP contribution in [0.2, 0.25) is 0 Å². The lowest BCUT2D eigenvalue weighted by Gasteiger charge is -2.39. The summed E-state index contributed by atoms with van der Waals surface area (Å²) in [6.45, 7) is 4.63. The number of piperidine rings is 1. The van der Waals surface area contributed by atoms with Gasteiger partial charge < -0.3 is 9.80 Å². The molecule has 1 aromatic rings. The van der Waals surface area contributed by atoms with Gasteiger partial charge in [0, 0.05) is 33.7 Å². The zero-order chi connectivity index (χ0) is 16.4. The van der Waals surface area contributed by atoms with Gasteiger partial charge in [0.05, 0.1) is 0 Å². The third-order valence-electron chi connectivity index (χ3n) is 5.30. The van der Waals surface area contributed by atoms with Crippen molar-refractivity contribution in [3.8, 4) is 0 Å². The van der Waals surface area contributed by atoms with Crippen LogP contribution >= 0.6 is 0 Å². The molecule has 2 aliphatic heterocycles. The maximum atomic E-state index is 13.3. The minimum absolute atomic E-state index is 0.129. The van der Waals surface area contributed by atoms with Crippen LogP contribution in [-0.4, -0.2) is 61.0 Å². The van der Waals surface area contributed by atoms with E-state index in [1.165, 1.54) is 6.07 Å². The minimum atomic E-state index is -0.162. The van der Waals surface area contributed by atoms with Crippen molar-refractivity contribution in [1.29, 1.82) is 0 Å². The van der Waals surface area contributed by atoms with Crippen LogP contribution in [0.25, 0.3) is 0 Å². The number of hydrogen-bond donors (Lipinski definition) is 0. The molecule has 1 spiro atoms. The first-order chi connectivity index (χ1) is 11.0. The predicted molar refractivity (Wildman–Crippen MR) is 88.6 cm³/mol. The normalized spacial score (nSPS) is 20.9. The molecule has 0 aromatic heterocycles. The maximum absolute atomic E-state index is 13.3. The first-order valence-electron chi connectivity index (χ1n) is 8.41. The van der Waals surface area contributed by atoms with Crippen LogP contribution in [0.1, 0.15) is 24.8 Å². The standard InChI is InChI=1S/C18H26FN3O/c1-20(2)17(23)22-11-8-18(14-22)6-9-21(10-7-18)13-15-4-3-5-16(19)12-15/h3-5,12H,6-11,13-14H2,1-2H3. The van der Waals surface area contributed by atoms with Crippen LogP contribution in [0.5, 0.6) is 0 Å². The van der Waals surface area contributed by atoms with E-state index in [1.807, 2.05) is 25.1 Å². The van der Waals surface area contributed by atoms with Crippen molar-refractivity contribution in [2.45, 2.75) is 25.8 Å². The molecular formula is C18H26FN3O. The Bertz CT molecular complexity index is 567. The molecule has 0 saturated carbocycles. The Morgan fingerprint density at radius 1 is 1.22 bits per heavy atom. The van der Waals surface area contributed by atoms with Crippen molar-refractivity contribution in [3.63, 3.8) is 0 Å². The molecule has 2 aliphatic rings. The number of likely N-dealkylation sites (tertiary alicyclic amines) is 2. The summed E-state index contributed by atoms with van der Waals surface area (Å²) in [5.74, 6) is -0.162. The quantitative estimate of drug-likeness (QED) is 0.838. The first-order valence-corrected chi connectivity index (χ1v) is 8.41. The average molecular weight is 319 g/mol. The number of rotatable bonds is 2. The van der Waals surface area contributed by atoms with E-state index in [-0.39, 0.29) is 11.8 Å². The Labute approximate surface area is 137 Å². The van der Waals surface area contributed by atoms with Crippen LogP contribution in [-0.2, 0) is 6.54 Å². The third kappa shape index (κ3) is 3.66. The van der Waals surface area contributed by atoms with Crippen LogP contribution in [0.4, 0.5) is 9.18 Å². The van der Waals surface area contributed by atoms with Gasteiger partial charge in [-0.25, -0.2) is 9.18 Å². The summed E-state index contributed by atoms with van der Waals surface area (Å²) in [5, 5.41) is 0. The summed E-state index contributed by atoms with van der Waals surface area (Å²) < 4.78 is 13.3. The van der Waals surface area contributed by atoms with Crippen molar-refractivity contribution < 1.29 is 9.18 Å². The van der Waals surface area contributed by atoms with E-state index < -0.39 is 0 Å². The number of carbonyl (C=O) groups excluding carboxylic acids is 1. The highest BCUT2D eigenvalue weighted by molar-refractivity contribution is 5.74. The van der Waals surface area contributed by atoms with E-state index >= 15 is 0 Å². The Morgan fingerprint density at radius 2 is 1.91 bits per heavy atom. The monoisotopic (exact) mass is 319 g/mol. The summed E-state index contributed by atoms with van der Waals surface area (Å²) in [6, 6.07) is 7.00. The van der Waals surface area contributed by atoms with Gasteiger partial charge in [-0.2, -0.15) is 0 Å². The summed E-state index contributed by atoms with van der Waals surface area (Å²) >= 11 is 0. The van der Waals surface area contributed by atoms with Crippen molar-refractivity contribution >= 4 is 6.03 Å². The van der Waals surface area contributed by atoms with Crippen molar-refractivity contribution in [2.75, 3.05) is 40.3 Å². The molecule has 23 heavy (non-hydrogen) atoms. The second kappa shape index (κ2) is 6.48. The SMILES string of the molecule is CN(C)C(=O)N1CCC2(CCN(Cc3cccc(F)c3)CC2)C1. The molecule has 0 bridgehead atoms. The zero-order valence-electron chi connectivity index (χ0n) is 14.1. The average Bonchev–Trinajstić information content (AvgIpc) is 2.93. The number of hydrogen-bond acceptors (Lipinski definition) is 2. The van der Waals surface area contributed by atoms with Gasteiger partial charge >= 0.3 is 6.03 Å². The second-order valence-electron chi connectivity index (χ2n) is 7.25. The molecule has 1 aromatic carbocycles. The number of halogens is 1. The molecular weight excluding hydrogens is 293 g/mol. The molecule has 0 atom stereocenters. The molecule has 0 aliphatic carbocycles. The molecule has 2 saturated heterocycles. The lowest BCUT2D eigenvalue weighted by atomic mass is 9.77. The lowest BCUT2D eigenvalue weighted by Crippen LogP contribution is -2.43. The van der Waals surface area contributed by atoms with Gasteiger partial charge in [0.1, 0.15) is 5.82 Å². The molecule has 2 fully saturated rings. The van der Waals surface area contributed by atoms with Gasteiger partial charge in [-0.3, -0.25) is 4.90 Å². The van der Waals surface area contributed by atoms with Gasteiger partial charge in [0.2, 0.25) is 0 Å². The Hall–Kier alpha value is -1.62. The molecule has 5 heteroatoms. The second-order valence-corrected chi connectivity index (χ2v) is 7.25. The van der Waals surface area contributed by atoms with E-state index in [2.05, 4.69) is 4.90 Å². The summed E-state index contributed by atoms with van der Waals surface area (Å²) in [6.07, 6.45) is 3.36. The van der Waals surface area contributed by atoms with Gasteiger partial charge in [-0.05, 0) is 55.5 Å². The predicted octanol–water partition coefficient (Wildman–Crippen LogP) is 2.80. The van der Waals surface area contributed by atoms with E-state index in [0.717, 1.165) is 57.5 Å². The molecule has 0 N–H and O–H groups in total. The summed E-state index contributed by atoms with van der Waals surface area (Å²) in [4.78, 5) is 18.2. The van der Waals surface area contributed by atoms with Crippen molar-refractivity contribution in [1.82, 2.24) is 14.7 Å². The highest BCUT2D eigenvalue weighted by Gasteiger charge is 2.42. The fourth-order valence-corrected chi connectivity index (χ4v) is 3.87. The molecule has 2 heterocycles. The van der Waals surface area contributed by atoms with Crippen molar-refractivity contribution in [3.05, 3.63) is 35.6 Å². The van der Waals surface area contributed by atoms with Crippen LogP contribution in [0.15, 0.2) is 24.3 Å². The fourth-order valence-electron chi connectivity index (χ4n) is 3.87. The van der Waals surface area contributed by atoms with Crippen molar-refractivity contribution in [2.24, 2.45) is 5.41 Å². The highest BCUT2D eigenvalue weighted by atomic mass is 19.1. The minimum Gasteiger partial charge on any atom is -0.331 e. The fraction of sp³-hybridized carbons (Fsp3) is 0.611. The van der Waals surface area contributed by atoms with Crippen LogP contribution in [0, 0.1) is 11.2 Å². The smallest absolute Gasteiger partial charge is 0.319 e. The lowest BCUT2D eigenvalue weighted by molar-refractivity contribution is 0.103. The van der Waals surface area contributed by atoms with Gasteiger partial charge in [0.15, 0.2) is 0 Å². The summed E-state index contributed by atoms with van der Waals surface area (Å²) in [5.41, 5.74) is 1.33. The largest absolute Gasteiger partial charge is 0.331 e. The maximum Gasteiger partial charge on any atom is 0.319 e. The topological polar surface area (TPSA) is 26.8 Å². The molecule has 3 rings (SSSR count).